The van der Waals surface area contributed by atoms with Crippen molar-refractivity contribution in [2.24, 2.45) is 0 Å². The number of nitrogens with zero attached hydrogens (tertiary/aromatic N) is 2. The number of ether oxygens (including phenoxy) is 1. The van der Waals surface area contributed by atoms with Gasteiger partial charge in [-0.3, -0.25) is 10.0 Å². The quantitative estimate of drug-likeness (QED) is 0.107. The number of hydrogen-bond donors (Lipinski definition) is 5. The summed E-state index contributed by atoms with van der Waals surface area (Å²) in [6, 6.07) is 7.98. The Morgan fingerprint density at radius 2 is 1.88 bits per heavy atom. The third-order valence-electron chi connectivity index (χ3n) is 4.81. The lowest BCUT2D eigenvalue weighted by Gasteiger charge is -2.12. The topological polar surface area (TPSA) is 137 Å². The van der Waals surface area contributed by atoms with Crippen molar-refractivity contribution in [3.05, 3.63) is 42.2 Å². The number of aromatic hydroxyl groups is 2. The Labute approximate surface area is 185 Å². The monoisotopic (exact) mass is 436 g/mol. The van der Waals surface area contributed by atoms with Gasteiger partial charge in [-0.2, -0.15) is 0 Å². The molecular formula is C23H24N4O5. The van der Waals surface area contributed by atoms with Crippen LogP contribution in [0, 0.1) is 12.3 Å². The molecule has 32 heavy (non-hydrogen) atoms. The maximum absolute atomic E-state index is 11.0. The number of nitrogens with one attached hydrogen (secondary N) is 2. The van der Waals surface area contributed by atoms with Crippen LogP contribution in [0.5, 0.6) is 17.2 Å². The van der Waals surface area contributed by atoms with E-state index < -0.39 is 5.91 Å². The number of phenols is 2. The van der Waals surface area contributed by atoms with E-state index in [4.69, 9.17) is 16.4 Å². The summed E-state index contributed by atoms with van der Waals surface area (Å²) in [5.41, 5.74) is 3.14. The lowest BCUT2D eigenvalue weighted by Crippen LogP contribution is -2.17. The Morgan fingerprint density at radius 3 is 2.66 bits per heavy atom. The van der Waals surface area contributed by atoms with Gasteiger partial charge in [-0.25, -0.2) is 15.4 Å². The summed E-state index contributed by atoms with van der Waals surface area (Å²) in [5, 5.41) is 32.3. The van der Waals surface area contributed by atoms with Crippen LogP contribution in [0.1, 0.15) is 37.7 Å². The van der Waals surface area contributed by atoms with Gasteiger partial charge in [0.15, 0.2) is 11.5 Å². The highest BCUT2D eigenvalue weighted by molar-refractivity contribution is 5.93. The van der Waals surface area contributed by atoms with E-state index >= 15 is 0 Å². The zero-order valence-corrected chi connectivity index (χ0v) is 17.3. The first-order valence-electron chi connectivity index (χ1n) is 10.1. The van der Waals surface area contributed by atoms with Crippen LogP contribution in [0.15, 0.2) is 36.7 Å². The van der Waals surface area contributed by atoms with Crippen LogP contribution in [0.25, 0.3) is 10.9 Å². The minimum Gasteiger partial charge on any atom is -0.507 e. The van der Waals surface area contributed by atoms with Gasteiger partial charge in [0, 0.05) is 23.6 Å². The number of aromatic nitrogens is 2. The first-order valence-corrected chi connectivity index (χ1v) is 10.1. The minimum absolute atomic E-state index is 0.0165. The predicted octanol–water partition coefficient (Wildman–Crippen LogP) is 3.60. The molecule has 0 aliphatic rings. The number of rotatable bonds is 10. The summed E-state index contributed by atoms with van der Waals surface area (Å²) < 4.78 is 5.74. The number of hydroxylamine groups is 1. The Bertz CT molecular complexity index is 1140. The first-order chi connectivity index (χ1) is 15.5. The molecule has 3 aromatic rings. The summed E-state index contributed by atoms with van der Waals surface area (Å²) in [6.45, 7) is 0.394. The van der Waals surface area contributed by atoms with E-state index in [1.807, 2.05) is 0 Å². The minimum atomic E-state index is -0.392. The molecule has 0 fully saturated rings. The summed E-state index contributed by atoms with van der Waals surface area (Å²) in [4.78, 5) is 19.4. The third-order valence-corrected chi connectivity index (χ3v) is 4.81. The van der Waals surface area contributed by atoms with E-state index in [9.17, 15) is 15.0 Å². The van der Waals surface area contributed by atoms with Gasteiger partial charge in [-0.05, 0) is 37.1 Å². The van der Waals surface area contributed by atoms with Crippen molar-refractivity contribution in [2.45, 2.75) is 32.1 Å². The van der Waals surface area contributed by atoms with Crippen molar-refractivity contribution in [1.29, 1.82) is 0 Å². The maximum atomic E-state index is 11.0. The summed E-state index contributed by atoms with van der Waals surface area (Å²) in [7, 11) is 0. The molecule has 3 rings (SSSR count). The molecule has 166 valence electrons. The zero-order valence-electron chi connectivity index (χ0n) is 17.3. The van der Waals surface area contributed by atoms with Crippen LogP contribution in [-0.2, 0) is 4.79 Å². The molecule has 0 spiro atoms. The van der Waals surface area contributed by atoms with Gasteiger partial charge >= 0.3 is 0 Å². The lowest BCUT2D eigenvalue weighted by atomic mass is 10.1. The summed E-state index contributed by atoms with van der Waals surface area (Å²) in [5.74, 6) is 2.82. The van der Waals surface area contributed by atoms with E-state index in [0.717, 1.165) is 19.3 Å². The van der Waals surface area contributed by atoms with Gasteiger partial charge in [-0.15, -0.1) is 6.42 Å². The van der Waals surface area contributed by atoms with Crippen LogP contribution < -0.4 is 15.5 Å². The van der Waals surface area contributed by atoms with Crippen LogP contribution >= 0.6 is 0 Å². The number of fused-ring (bicyclic) bond motifs is 1. The largest absolute Gasteiger partial charge is 0.507 e. The van der Waals surface area contributed by atoms with E-state index in [0.29, 0.717) is 46.7 Å². The number of anilines is 2. The molecule has 0 aliphatic heterocycles. The Morgan fingerprint density at radius 1 is 1.06 bits per heavy atom. The molecule has 0 saturated carbocycles. The van der Waals surface area contributed by atoms with Gasteiger partial charge in [0.2, 0.25) is 5.91 Å². The molecule has 0 unspecified atom stereocenters. The van der Waals surface area contributed by atoms with E-state index in [1.54, 1.807) is 23.7 Å². The van der Waals surface area contributed by atoms with Crippen molar-refractivity contribution < 1.29 is 25.0 Å². The molecule has 1 amide bonds. The molecule has 9 nitrogen and oxygen atoms in total. The molecule has 0 atom stereocenters. The lowest BCUT2D eigenvalue weighted by molar-refractivity contribution is -0.129. The summed E-state index contributed by atoms with van der Waals surface area (Å²) >= 11 is 0. The third kappa shape index (κ3) is 5.77. The first kappa shape index (κ1) is 22.7. The van der Waals surface area contributed by atoms with Crippen molar-refractivity contribution in [2.75, 3.05) is 11.9 Å². The smallest absolute Gasteiger partial charge is 0.243 e. The molecule has 0 radical (unpaired) electrons. The average Bonchev–Trinajstić information content (AvgIpc) is 2.80. The predicted molar refractivity (Wildman–Crippen MR) is 119 cm³/mol. The second kappa shape index (κ2) is 10.8. The number of benzene rings is 2. The molecule has 0 aliphatic carbocycles. The SMILES string of the molecule is C#Cc1cc(Nc2ncnc3cc(O)c(OCCCCCCC(=O)NO)cc23)ccc1O. The van der Waals surface area contributed by atoms with Crippen molar-refractivity contribution in [1.82, 2.24) is 15.4 Å². The molecule has 1 aromatic heterocycles. The van der Waals surface area contributed by atoms with Gasteiger partial charge in [-0.1, -0.05) is 18.8 Å². The van der Waals surface area contributed by atoms with Crippen LogP contribution in [0.2, 0.25) is 0 Å². The normalized spacial score (nSPS) is 10.5. The number of phenolic OH excluding ortho intramolecular Hbond substituents is 2. The Hall–Kier alpha value is -4.03. The van der Waals surface area contributed by atoms with E-state index in [2.05, 4.69) is 21.2 Å². The second-order valence-electron chi connectivity index (χ2n) is 7.11. The molecule has 2 aromatic carbocycles. The molecule has 0 bridgehead atoms. The Kier molecular flexibility index (Phi) is 7.67. The highest BCUT2D eigenvalue weighted by Gasteiger charge is 2.11. The fourth-order valence-corrected chi connectivity index (χ4v) is 3.13. The highest BCUT2D eigenvalue weighted by atomic mass is 16.5. The molecular weight excluding hydrogens is 412 g/mol. The number of unbranched alkanes of at least 4 members (excludes halogenated alkanes) is 3. The molecule has 1 heterocycles. The van der Waals surface area contributed by atoms with Crippen molar-refractivity contribution in [3.8, 4) is 29.6 Å². The van der Waals surface area contributed by atoms with Crippen LogP contribution in [0.3, 0.4) is 0 Å². The number of hydrogen-bond acceptors (Lipinski definition) is 8. The van der Waals surface area contributed by atoms with E-state index in [-0.39, 0.29) is 17.9 Å². The van der Waals surface area contributed by atoms with Gasteiger partial charge < -0.3 is 20.3 Å². The van der Waals surface area contributed by atoms with Crippen molar-refractivity contribution >= 4 is 28.3 Å². The summed E-state index contributed by atoms with van der Waals surface area (Å²) in [6.07, 6.45) is 10.2. The molecule has 0 saturated heterocycles. The van der Waals surface area contributed by atoms with Crippen LogP contribution in [0.4, 0.5) is 11.5 Å². The Balaban J connectivity index is 1.67. The maximum Gasteiger partial charge on any atom is 0.243 e. The fraction of sp³-hybridized carbons (Fsp3) is 0.261. The highest BCUT2D eigenvalue weighted by Crippen LogP contribution is 2.34. The zero-order chi connectivity index (χ0) is 22.9. The number of amides is 1. The van der Waals surface area contributed by atoms with Crippen LogP contribution in [-0.4, -0.2) is 37.9 Å². The molecule has 5 N–H and O–H groups in total. The second-order valence-corrected chi connectivity index (χ2v) is 7.11. The van der Waals surface area contributed by atoms with Gasteiger partial charge in [0.25, 0.3) is 0 Å². The standard InChI is InChI=1S/C23H24N4O5/c1-2-15-11-16(8-9-19(15)28)26-23-17-12-21(20(29)13-18(17)24-14-25-23)32-10-6-4-3-5-7-22(30)27-31/h1,8-9,11-14,28-29,31H,3-7,10H2,(H,27,30)(H,24,25,26). The average molecular weight is 436 g/mol. The van der Waals surface area contributed by atoms with Crippen molar-refractivity contribution in [3.63, 3.8) is 0 Å². The number of carbonyl (C=O) groups is 1. The van der Waals surface area contributed by atoms with Gasteiger partial charge in [0.05, 0.1) is 17.7 Å². The molecule has 9 heteroatoms. The number of terminal acetylenes is 1. The fourth-order valence-electron chi connectivity index (χ4n) is 3.13. The number of carbonyl (C=O) groups excluding carboxylic acids is 1. The van der Waals surface area contributed by atoms with E-state index in [1.165, 1.54) is 18.5 Å². The van der Waals surface area contributed by atoms with Gasteiger partial charge in [0.1, 0.15) is 17.9 Å².